The lowest BCUT2D eigenvalue weighted by atomic mass is 9.98. The first-order valence-electron chi connectivity index (χ1n) is 10.8. The van der Waals surface area contributed by atoms with Gasteiger partial charge in [0.05, 0.1) is 5.56 Å². The van der Waals surface area contributed by atoms with E-state index in [1.807, 2.05) is 42.2 Å². The molecule has 1 amide bonds. The molecule has 1 aliphatic heterocycles. The molecule has 0 saturated carbocycles. The molecule has 0 radical (unpaired) electrons. The fourth-order valence-electron chi connectivity index (χ4n) is 4.22. The molecule has 3 aromatic rings. The molecule has 31 heavy (non-hydrogen) atoms. The van der Waals surface area contributed by atoms with Crippen molar-refractivity contribution in [3.63, 3.8) is 0 Å². The van der Waals surface area contributed by atoms with E-state index in [0.717, 1.165) is 42.4 Å². The van der Waals surface area contributed by atoms with E-state index in [0.29, 0.717) is 42.6 Å². The average molecular weight is 421 g/mol. The molecule has 6 heteroatoms. The number of carbonyl (C=O) groups excluding carboxylic acids is 1. The predicted molar refractivity (Wildman–Crippen MR) is 120 cm³/mol. The number of fused-ring (bicyclic) bond motifs is 1. The lowest BCUT2D eigenvalue weighted by molar-refractivity contribution is -0.127. The van der Waals surface area contributed by atoms with Crippen LogP contribution in [0.4, 0.5) is 0 Å². The predicted octanol–water partition coefficient (Wildman–Crippen LogP) is 3.50. The van der Waals surface area contributed by atoms with E-state index < -0.39 is 0 Å². The van der Waals surface area contributed by atoms with E-state index in [4.69, 9.17) is 4.42 Å². The lowest BCUT2D eigenvalue weighted by Gasteiger charge is -2.16. The first kappa shape index (κ1) is 21.1. The first-order chi connectivity index (χ1) is 15.0. The van der Waals surface area contributed by atoms with Crippen LogP contribution in [-0.2, 0) is 17.8 Å². The number of nitrogens with one attached hydrogen (secondary N) is 1. The van der Waals surface area contributed by atoms with Crippen molar-refractivity contribution in [3.05, 3.63) is 75.1 Å². The molecule has 1 aliphatic rings. The van der Waals surface area contributed by atoms with Crippen LogP contribution in [0.2, 0.25) is 0 Å². The molecule has 0 atom stereocenters. The summed E-state index contributed by atoms with van der Waals surface area (Å²) in [6.07, 6.45) is 2.94. The van der Waals surface area contributed by atoms with Gasteiger partial charge in [0.2, 0.25) is 5.91 Å². The summed E-state index contributed by atoms with van der Waals surface area (Å²) < 4.78 is 5.70. The Morgan fingerprint density at radius 3 is 2.65 bits per heavy atom. The fourth-order valence-corrected chi connectivity index (χ4v) is 4.22. The highest BCUT2D eigenvalue weighted by atomic mass is 16.4. The van der Waals surface area contributed by atoms with E-state index in [-0.39, 0.29) is 17.3 Å². The van der Waals surface area contributed by atoms with Crippen molar-refractivity contribution < 1.29 is 14.3 Å². The van der Waals surface area contributed by atoms with Gasteiger partial charge in [-0.1, -0.05) is 30.3 Å². The van der Waals surface area contributed by atoms with Crippen molar-refractivity contribution in [3.8, 4) is 5.75 Å². The zero-order valence-electron chi connectivity index (χ0n) is 17.8. The van der Waals surface area contributed by atoms with Crippen molar-refractivity contribution in [2.45, 2.75) is 39.2 Å². The Hall–Kier alpha value is -3.12. The molecule has 162 valence electrons. The van der Waals surface area contributed by atoms with Gasteiger partial charge in [-0.15, -0.1) is 0 Å². The number of phenols is 1. The van der Waals surface area contributed by atoms with E-state index >= 15 is 0 Å². The zero-order chi connectivity index (χ0) is 21.8. The van der Waals surface area contributed by atoms with Gasteiger partial charge >= 0.3 is 5.63 Å². The highest BCUT2D eigenvalue weighted by Crippen LogP contribution is 2.30. The minimum atomic E-state index is -0.367. The molecule has 1 saturated heterocycles. The van der Waals surface area contributed by atoms with Gasteiger partial charge in [-0.25, -0.2) is 4.79 Å². The van der Waals surface area contributed by atoms with Crippen LogP contribution in [0.5, 0.6) is 5.75 Å². The van der Waals surface area contributed by atoms with Crippen LogP contribution in [-0.4, -0.2) is 35.5 Å². The third kappa shape index (κ3) is 4.64. The number of amides is 1. The van der Waals surface area contributed by atoms with Gasteiger partial charge in [0, 0.05) is 43.4 Å². The van der Waals surface area contributed by atoms with Gasteiger partial charge in [-0.3, -0.25) is 4.79 Å². The number of hydrogen-bond donors (Lipinski definition) is 2. The molecule has 0 bridgehead atoms. The smallest absolute Gasteiger partial charge is 0.340 e. The van der Waals surface area contributed by atoms with Crippen LogP contribution in [0, 0.1) is 6.92 Å². The van der Waals surface area contributed by atoms with Crippen molar-refractivity contribution in [2.24, 2.45) is 0 Å². The molecule has 0 unspecified atom stereocenters. The molecule has 2 heterocycles. The second-order valence-corrected chi connectivity index (χ2v) is 8.11. The number of benzene rings is 2. The van der Waals surface area contributed by atoms with Crippen molar-refractivity contribution >= 4 is 16.9 Å². The molecule has 0 aliphatic carbocycles. The average Bonchev–Trinajstić information content (AvgIpc) is 3.17. The summed E-state index contributed by atoms with van der Waals surface area (Å²) in [5.74, 6) is 0.336. The second kappa shape index (κ2) is 9.35. The molecule has 2 aromatic carbocycles. The monoisotopic (exact) mass is 420 g/mol. The largest absolute Gasteiger partial charge is 0.507 e. The minimum Gasteiger partial charge on any atom is -0.507 e. The summed E-state index contributed by atoms with van der Waals surface area (Å²) in [5, 5.41) is 14.5. The van der Waals surface area contributed by atoms with Gasteiger partial charge in [0.1, 0.15) is 11.3 Å². The van der Waals surface area contributed by atoms with Crippen molar-refractivity contribution in [1.82, 2.24) is 10.2 Å². The van der Waals surface area contributed by atoms with Gasteiger partial charge in [0.25, 0.3) is 0 Å². The molecule has 0 spiro atoms. The van der Waals surface area contributed by atoms with Crippen LogP contribution in [0.1, 0.15) is 41.5 Å². The Morgan fingerprint density at radius 2 is 1.90 bits per heavy atom. The quantitative estimate of drug-likeness (QED) is 0.431. The van der Waals surface area contributed by atoms with Gasteiger partial charge in [-0.05, 0) is 49.6 Å². The van der Waals surface area contributed by atoms with E-state index in [1.54, 1.807) is 12.1 Å². The number of aromatic hydroxyl groups is 1. The number of nitrogens with zero attached hydrogens (tertiary/aromatic N) is 1. The van der Waals surface area contributed by atoms with E-state index in [1.165, 1.54) is 0 Å². The molecule has 4 rings (SSSR count). The SMILES string of the molecule is Cc1c(Cc2ccccc2)c(=O)oc2c(CNCCCN3CCCC3=O)c(O)ccc12. The summed E-state index contributed by atoms with van der Waals surface area (Å²) in [5.41, 5.74) is 3.22. The molecule has 1 aromatic heterocycles. The van der Waals surface area contributed by atoms with Crippen molar-refractivity contribution in [2.75, 3.05) is 19.6 Å². The van der Waals surface area contributed by atoms with Crippen LogP contribution in [0.3, 0.4) is 0 Å². The number of aryl methyl sites for hydroxylation is 1. The van der Waals surface area contributed by atoms with E-state index in [2.05, 4.69) is 5.32 Å². The summed E-state index contributed by atoms with van der Waals surface area (Å²) in [4.78, 5) is 26.4. The topological polar surface area (TPSA) is 82.8 Å². The third-order valence-electron chi connectivity index (χ3n) is 6.01. The molecule has 6 nitrogen and oxygen atoms in total. The second-order valence-electron chi connectivity index (χ2n) is 8.11. The standard InChI is InChI=1S/C25H28N2O4/c1-17-19-10-11-22(28)21(16-26-12-6-14-27-13-5-9-23(27)29)24(19)31-25(30)20(17)15-18-7-3-2-4-8-18/h2-4,7-8,10-11,26,28H,5-6,9,12-16H2,1H3. The van der Waals surface area contributed by atoms with Gasteiger partial charge in [-0.2, -0.15) is 0 Å². The zero-order valence-corrected chi connectivity index (χ0v) is 17.8. The summed E-state index contributed by atoms with van der Waals surface area (Å²) >= 11 is 0. The summed E-state index contributed by atoms with van der Waals surface area (Å²) in [7, 11) is 0. The normalized spacial score (nSPS) is 14.0. The summed E-state index contributed by atoms with van der Waals surface area (Å²) in [6, 6.07) is 13.3. The van der Waals surface area contributed by atoms with Crippen LogP contribution < -0.4 is 10.9 Å². The highest BCUT2D eigenvalue weighted by molar-refractivity contribution is 5.85. The highest BCUT2D eigenvalue weighted by Gasteiger charge is 2.19. The van der Waals surface area contributed by atoms with Crippen LogP contribution in [0.25, 0.3) is 11.0 Å². The first-order valence-corrected chi connectivity index (χ1v) is 10.8. The van der Waals surface area contributed by atoms with Crippen LogP contribution in [0.15, 0.2) is 51.7 Å². The van der Waals surface area contributed by atoms with E-state index in [9.17, 15) is 14.7 Å². The molecular formula is C25H28N2O4. The Morgan fingerprint density at radius 1 is 1.10 bits per heavy atom. The minimum absolute atomic E-state index is 0.105. The van der Waals surface area contributed by atoms with Gasteiger partial charge < -0.3 is 19.7 Å². The maximum absolute atomic E-state index is 12.8. The maximum atomic E-state index is 12.8. The number of phenolic OH excluding ortho intramolecular Hbond substituents is 1. The number of carbonyl (C=O) groups is 1. The van der Waals surface area contributed by atoms with Gasteiger partial charge in [0.15, 0.2) is 0 Å². The number of hydrogen-bond acceptors (Lipinski definition) is 5. The third-order valence-corrected chi connectivity index (χ3v) is 6.01. The fraction of sp³-hybridized carbons (Fsp3) is 0.360. The lowest BCUT2D eigenvalue weighted by Crippen LogP contribution is -2.28. The maximum Gasteiger partial charge on any atom is 0.340 e. The Labute approximate surface area is 181 Å². The van der Waals surface area contributed by atoms with Crippen LogP contribution >= 0.6 is 0 Å². The van der Waals surface area contributed by atoms with Crippen molar-refractivity contribution in [1.29, 1.82) is 0 Å². The number of rotatable bonds is 8. The Balaban J connectivity index is 1.50. The summed E-state index contributed by atoms with van der Waals surface area (Å²) in [6.45, 7) is 4.61. The number of likely N-dealkylation sites (tertiary alicyclic amines) is 1. The molecule has 2 N–H and O–H groups in total. The molecular weight excluding hydrogens is 392 g/mol. The Bertz CT molecular complexity index is 1140. The Kier molecular flexibility index (Phi) is 6.37. The molecule has 1 fully saturated rings.